The van der Waals surface area contributed by atoms with Crippen molar-refractivity contribution in [2.45, 2.75) is 20.8 Å². The molecule has 68 valence electrons. The van der Waals surface area contributed by atoms with Crippen LogP contribution in [-0.4, -0.2) is 25.5 Å². The molecule has 0 heterocycles. The van der Waals surface area contributed by atoms with E-state index in [9.17, 15) is 0 Å². The average Bonchev–Trinajstić information content (AvgIpc) is 2.05. The number of allylic oxidation sites excluding steroid dienone is 1. The number of azo groups is 2. The fourth-order valence-electron chi connectivity index (χ4n) is 0.835. The highest BCUT2D eigenvalue weighted by atomic mass is 15.3. The molecule has 0 radical (unpaired) electrons. The predicted molar refractivity (Wildman–Crippen MR) is 51.6 cm³/mol. The Hall–Kier alpha value is -0.990. The minimum atomic E-state index is 0.481. The molecule has 0 aromatic rings. The highest BCUT2D eigenvalue weighted by molar-refractivity contribution is 5.28. The van der Waals surface area contributed by atoms with Gasteiger partial charge in [-0.25, -0.2) is 0 Å². The highest BCUT2D eigenvalue weighted by Gasteiger charge is 2.13. The van der Waals surface area contributed by atoms with Gasteiger partial charge in [0.2, 0.25) is 0 Å². The molecule has 0 rings (SSSR count). The van der Waals surface area contributed by atoms with Crippen molar-refractivity contribution in [2.24, 2.45) is 16.0 Å². The summed E-state index contributed by atoms with van der Waals surface area (Å²) in [6, 6.07) is 0. The maximum absolute atomic E-state index is 4.00. The first kappa shape index (κ1) is 11.0. The fourth-order valence-corrected chi connectivity index (χ4v) is 0.835. The summed E-state index contributed by atoms with van der Waals surface area (Å²) in [7, 11) is 3.61. The quantitative estimate of drug-likeness (QED) is 0.351. The Balaban J connectivity index is 4.99. The van der Waals surface area contributed by atoms with Gasteiger partial charge in [-0.05, 0) is 12.8 Å². The van der Waals surface area contributed by atoms with Gasteiger partial charge in [0.25, 0.3) is 0 Å². The van der Waals surface area contributed by atoms with Crippen LogP contribution in [0.25, 0.3) is 0 Å². The molecule has 0 aliphatic heterocycles. The van der Waals surface area contributed by atoms with Crippen molar-refractivity contribution < 1.29 is 4.70 Å². The van der Waals surface area contributed by atoms with E-state index < -0.39 is 0 Å². The number of hydrogen-bond donors (Lipinski definition) is 0. The van der Waals surface area contributed by atoms with Gasteiger partial charge in [-0.15, -0.1) is 9.81 Å². The van der Waals surface area contributed by atoms with Crippen molar-refractivity contribution in [3.8, 4) is 0 Å². The van der Waals surface area contributed by atoms with Gasteiger partial charge >= 0.3 is 5.82 Å². The van der Waals surface area contributed by atoms with Crippen LogP contribution in [0.15, 0.2) is 21.5 Å². The molecule has 0 spiro atoms. The van der Waals surface area contributed by atoms with Crippen LogP contribution in [-0.2, 0) is 0 Å². The second-order valence-corrected chi connectivity index (χ2v) is 3.04. The topological polar surface area (TPSA) is 27.7 Å². The van der Waals surface area contributed by atoms with Crippen LogP contribution in [0.1, 0.15) is 20.8 Å². The Kier molecular flexibility index (Phi) is 4.40. The van der Waals surface area contributed by atoms with E-state index in [0.29, 0.717) is 5.92 Å². The number of nitrogens with zero attached hydrogens (tertiary/aromatic N) is 3. The summed E-state index contributed by atoms with van der Waals surface area (Å²) in [5.41, 5.74) is 1.21. The lowest BCUT2D eigenvalue weighted by molar-refractivity contribution is -0.518. The lowest BCUT2D eigenvalue weighted by Crippen LogP contribution is -2.05. The molecule has 0 unspecified atom stereocenters. The summed E-state index contributed by atoms with van der Waals surface area (Å²) in [5.74, 6) is 1.34. The van der Waals surface area contributed by atoms with Crippen LogP contribution in [0.2, 0.25) is 0 Å². The molecule has 0 aliphatic carbocycles. The Morgan fingerprint density at radius 1 is 1.42 bits per heavy atom. The summed E-state index contributed by atoms with van der Waals surface area (Å²) >= 11 is 0. The third-order valence-corrected chi connectivity index (χ3v) is 1.98. The van der Waals surface area contributed by atoms with Gasteiger partial charge in [0.1, 0.15) is 13.8 Å². The van der Waals surface area contributed by atoms with E-state index in [-0.39, 0.29) is 0 Å². The van der Waals surface area contributed by atoms with Gasteiger partial charge in [-0.1, -0.05) is 18.8 Å². The first-order chi connectivity index (χ1) is 5.54. The molecule has 0 bridgehead atoms. The zero-order chi connectivity index (χ0) is 9.72. The van der Waals surface area contributed by atoms with Crippen molar-refractivity contribution in [1.29, 1.82) is 0 Å². The number of rotatable bonds is 3. The summed E-state index contributed by atoms with van der Waals surface area (Å²) in [4.78, 5) is 3.94. The van der Waals surface area contributed by atoms with Gasteiger partial charge in [-0.2, -0.15) is 0 Å². The third-order valence-electron chi connectivity index (χ3n) is 1.98. The molecule has 3 nitrogen and oxygen atoms in total. The van der Waals surface area contributed by atoms with Gasteiger partial charge in [0.05, 0.1) is 7.05 Å². The largest absolute Gasteiger partial charge is 0.340 e. The van der Waals surface area contributed by atoms with Crippen LogP contribution in [0.3, 0.4) is 0 Å². The first-order valence-corrected chi connectivity index (χ1v) is 4.05. The Morgan fingerprint density at radius 2 is 1.92 bits per heavy atom. The molecule has 0 saturated carbocycles. The summed E-state index contributed by atoms with van der Waals surface area (Å²) < 4.78 is 1.74. The highest BCUT2D eigenvalue weighted by Crippen LogP contribution is 2.14. The minimum Gasteiger partial charge on any atom is -0.139 e. The normalized spacial score (nSPS) is 14.7. The lowest BCUT2D eigenvalue weighted by Gasteiger charge is -2.04. The van der Waals surface area contributed by atoms with Gasteiger partial charge < -0.3 is 0 Å². The molecule has 0 N–H and O–H groups in total. The second kappa shape index (κ2) is 4.80. The monoisotopic (exact) mass is 168 g/mol. The van der Waals surface area contributed by atoms with Crippen molar-refractivity contribution in [3.63, 3.8) is 0 Å². The van der Waals surface area contributed by atoms with Crippen molar-refractivity contribution in [3.05, 3.63) is 11.4 Å². The lowest BCUT2D eigenvalue weighted by atomic mass is 10.1. The zero-order valence-corrected chi connectivity index (χ0v) is 8.63. The Labute approximate surface area is 74.5 Å². The standard InChI is InChI=1S/C9H18N3/c1-7(2)8(3)9(10-4)12(6)11-5/h7H,4H2,1-3,5-6H3/q+1/b9-8-,12-11?. The molecule has 0 atom stereocenters. The minimum absolute atomic E-state index is 0.481. The molecule has 0 aliphatic rings. The molecule has 0 fully saturated rings. The Bertz CT molecular complexity index is 224. The predicted octanol–water partition coefficient (Wildman–Crippen LogP) is 2.30. The molecule has 0 aromatic carbocycles. The molecule has 0 amide bonds. The van der Waals surface area contributed by atoms with Crippen LogP contribution >= 0.6 is 0 Å². The summed E-state index contributed by atoms with van der Waals surface area (Å²) in [6.07, 6.45) is 0. The van der Waals surface area contributed by atoms with Gasteiger partial charge in [-0.3, -0.25) is 0 Å². The van der Waals surface area contributed by atoms with Crippen LogP contribution in [0.5, 0.6) is 0 Å². The summed E-state index contributed by atoms with van der Waals surface area (Å²) in [5, 5.41) is 4.00. The number of hydrogen-bond acceptors (Lipinski definition) is 2. The van der Waals surface area contributed by atoms with Crippen LogP contribution < -0.4 is 0 Å². The van der Waals surface area contributed by atoms with E-state index in [0.717, 1.165) is 5.82 Å². The van der Waals surface area contributed by atoms with Crippen molar-refractivity contribution >= 4 is 6.72 Å². The average molecular weight is 168 g/mol. The third kappa shape index (κ3) is 2.57. The molecular formula is C9H18N3+. The number of aliphatic imine (C=N–C) groups is 1. The molecule has 0 saturated heterocycles. The van der Waals surface area contributed by atoms with Crippen molar-refractivity contribution in [1.82, 2.24) is 0 Å². The first-order valence-electron chi connectivity index (χ1n) is 4.05. The maximum atomic E-state index is 4.00. The SMILES string of the molecule is C=N/C(=C(\C)C(C)C)[N+](C)=NC. The van der Waals surface area contributed by atoms with E-state index in [1.165, 1.54) is 5.57 Å². The van der Waals surface area contributed by atoms with Gasteiger partial charge in [0.15, 0.2) is 0 Å². The molecular weight excluding hydrogens is 150 g/mol. The van der Waals surface area contributed by atoms with E-state index >= 15 is 0 Å². The van der Waals surface area contributed by atoms with E-state index in [1.54, 1.807) is 11.7 Å². The van der Waals surface area contributed by atoms with E-state index in [1.807, 2.05) is 7.05 Å². The van der Waals surface area contributed by atoms with E-state index in [4.69, 9.17) is 0 Å². The zero-order valence-electron chi connectivity index (χ0n) is 8.63. The van der Waals surface area contributed by atoms with Gasteiger partial charge in [0, 0.05) is 5.57 Å². The van der Waals surface area contributed by atoms with Crippen LogP contribution in [0, 0.1) is 5.92 Å². The fraction of sp³-hybridized carbons (Fsp3) is 0.667. The molecule has 3 heteroatoms. The molecule has 0 aromatic heterocycles. The smallest absolute Gasteiger partial charge is 0.139 e. The van der Waals surface area contributed by atoms with Crippen LogP contribution in [0.4, 0.5) is 0 Å². The summed E-state index contributed by atoms with van der Waals surface area (Å²) in [6.45, 7) is 9.83. The van der Waals surface area contributed by atoms with E-state index in [2.05, 4.69) is 37.6 Å². The van der Waals surface area contributed by atoms with Crippen molar-refractivity contribution in [2.75, 3.05) is 14.1 Å². The molecule has 12 heavy (non-hydrogen) atoms. The maximum Gasteiger partial charge on any atom is 0.340 e. The Morgan fingerprint density at radius 3 is 2.17 bits per heavy atom. The second-order valence-electron chi connectivity index (χ2n) is 3.04.